The molecule has 0 heterocycles. The molecule has 0 saturated carbocycles. The van der Waals surface area contributed by atoms with Gasteiger partial charge < -0.3 is 4.74 Å². The minimum Gasteiger partial charge on any atom is -0.406 e. The van der Waals surface area contributed by atoms with Crippen molar-refractivity contribution in [3.8, 4) is 5.75 Å². The number of hydrogen-bond acceptors (Lipinski definition) is 1. The predicted octanol–water partition coefficient (Wildman–Crippen LogP) is 20.0. The second kappa shape index (κ2) is 29.5. The van der Waals surface area contributed by atoms with Gasteiger partial charge in [-0.15, -0.1) is 13.2 Å². The topological polar surface area (TPSA) is 9.23 Å². The summed E-state index contributed by atoms with van der Waals surface area (Å²) in [7, 11) is 0. The fourth-order valence-corrected chi connectivity index (χ4v) is 6.24. The number of halogens is 6. The van der Waals surface area contributed by atoms with Crippen LogP contribution in [-0.2, 0) is 6.18 Å². The fraction of sp³-hybridized carbons (Fsp3) is 0.400. The molecule has 7 heteroatoms. The minimum absolute atomic E-state index is 0.163. The molecule has 0 aliphatic carbocycles. The van der Waals surface area contributed by atoms with Gasteiger partial charge in [-0.2, -0.15) is 13.2 Å². The van der Waals surface area contributed by atoms with Gasteiger partial charge in [0, 0.05) is 0 Å². The van der Waals surface area contributed by atoms with Crippen molar-refractivity contribution in [1.82, 2.24) is 0 Å². The molecular weight excluding hydrogens is 851 g/mol. The summed E-state index contributed by atoms with van der Waals surface area (Å²) in [5, 5.41) is 0. The van der Waals surface area contributed by atoms with Gasteiger partial charge in [0.25, 0.3) is 0 Å². The molecule has 0 N–H and O–H groups in total. The maximum absolute atomic E-state index is 12.1. The largest absolute Gasteiger partial charge is 0.573 e. The van der Waals surface area contributed by atoms with E-state index in [1.54, 1.807) is 12.1 Å². The molecule has 0 aromatic heterocycles. The summed E-state index contributed by atoms with van der Waals surface area (Å²) in [6.07, 6.45) is -8.84. The maximum Gasteiger partial charge on any atom is 0.573 e. The summed E-state index contributed by atoms with van der Waals surface area (Å²) in [5.41, 5.74) is 12.3. The van der Waals surface area contributed by atoms with E-state index in [1.165, 1.54) is 68.8 Å². The summed E-state index contributed by atoms with van der Waals surface area (Å²) in [6, 6.07) is 46.0. The van der Waals surface area contributed by atoms with Crippen molar-refractivity contribution in [3.05, 3.63) is 207 Å². The number of benzene rings is 6. The van der Waals surface area contributed by atoms with E-state index >= 15 is 0 Å². The Morgan fingerprint density at radius 2 is 0.567 bits per heavy atom. The molecule has 0 saturated heterocycles. The summed E-state index contributed by atoms with van der Waals surface area (Å²) in [5.74, 6) is 2.90. The molecule has 0 fully saturated rings. The highest BCUT2D eigenvalue weighted by Crippen LogP contribution is 2.30. The first-order chi connectivity index (χ1) is 31.1. The fourth-order valence-electron chi connectivity index (χ4n) is 6.24. The maximum atomic E-state index is 12.1. The van der Waals surface area contributed by atoms with Gasteiger partial charge in [-0.3, -0.25) is 0 Å². The van der Waals surface area contributed by atoms with Crippen LogP contribution in [0.2, 0.25) is 0 Å². The van der Waals surface area contributed by atoms with E-state index < -0.39 is 18.1 Å². The first-order valence-corrected chi connectivity index (χ1v) is 23.4. The molecule has 67 heavy (non-hydrogen) atoms. The lowest BCUT2D eigenvalue weighted by molar-refractivity contribution is -0.274. The minimum atomic E-state index is -4.62. The third-order valence-electron chi connectivity index (χ3n) is 10.5. The van der Waals surface area contributed by atoms with Crippen molar-refractivity contribution in [2.75, 3.05) is 0 Å². The molecule has 0 spiro atoms. The molecule has 0 unspecified atom stereocenters. The van der Waals surface area contributed by atoms with Gasteiger partial charge in [-0.05, 0) is 121 Å². The molecule has 0 atom stereocenters. The lowest BCUT2D eigenvalue weighted by atomic mass is 10.0. The van der Waals surface area contributed by atoms with Crippen molar-refractivity contribution >= 4 is 0 Å². The van der Waals surface area contributed by atoms with Crippen LogP contribution in [0, 0.1) is 27.7 Å². The Morgan fingerprint density at radius 1 is 0.313 bits per heavy atom. The zero-order valence-corrected chi connectivity index (χ0v) is 43.0. The van der Waals surface area contributed by atoms with Gasteiger partial charge in [0.2, 0.25) is 0 Å². The van der Waals surface area contributed by atoms with Gasteiger partial charge in [0.15, 0.2) is 0 Å². The zero-order chi connectivity index (χ0) is 51.1. The van der Waals surface area contributed by atoms with E-state index in [0.717, 1.165) is 23.3 Å². The van der Waals surface area contributed by atoms with Crippen molar-refractivity contribution < 1.29 is 31.1 Å². The van der Waals surface area contributed by atoms with Crippen molar-refractivity contribution in [2.45, 2.75) is 159 Å². The average Bonchev–Trinajstić information content (AvgIpc) is 3.24. The second-order valence-electron chi connectivity index (χ2n) is 18.8. The van der Waals surface area contributed by atoms with E-state index in [2.05, 4.69) is 185 Å². The molecule has 0 aliphatic rings. The molecule has 1 nitrogen and oxygen atoms in total. The van der Waals surface area contributed by atoms with Crippen LogP contribution in [0.1, 0.15) is 180 Å². The summed E-state index contributed by atoms with van der Waals surface area (Å²) >= 11 is 0. The number of ether oxygens (including phenoxy) is 1. The summed E-state index contributed by atoms with van der Waals surface area (Å²) in [4.78, 5) is 0. The van der Waals surface area contributed by atoms with Crippen LogP contribution in [-0.4, -0.2) is 6.36 Å². The number of rotatable bonds is 7. The highest BCUT2D eigenvalue weighted by atomic mass is 19.4. The van der Waals surface area contributed by atoms with E-state index in [1.807, 2.05) is 27.7 Å². The normalized spacial score (nSPS) is 11.0. The average molecular weight is 929 g/mol. The highest BCUT2D eigenvalue weighted by molar-refractivity contribution is 5.31. The van der Waals surface area contributed by atoms with E-state index in [9.17, 15) is 26.3 Å². The highest BCUT2D eigenvalue weighted by Gasteiger charge is 2.31. The molecule has 0 amide bonds. The Labute approximate surface area is 401 Å². The summed E-state index contributed by atoms with van der Waals surface area (Å²) < 4.78 is 75.7. The SMILES string of the molecule is CC(C)c1ccc(C(F)(F)F)cc1.CC(C)c1cccc(OC(F)(F)F)c1.Cc1cccc(C(C)C)c1.Cc1cccc(C(C)C)c1.Cc1cccc(C(C)C)c1.Cc1cccc(C(C)C)c1. The van der Waals surface area contributed by atoms with E-state index in [0.29, 0.717) is 23.7 Å². The summed E-state index contributed by atoms with van der Waals surface area (Å²) in [6.45, 7) is 34.0. The monoisotopic (exact) mass is 929 g/mol. The zero-order valence-electron chi connectivity index (χ0n) is 43.0. The smallest absolute Gasteiger partial charge is 0.406 e. The van der Waals surface area contributed by atoms with E-state index in [-0.39, 0.29) is 17.6 Å². The van der Waals surface area contributed by atoms with Crippen LogP contribution < -0.4 is 4.74 Å². The molecule has 0 radical (unpaired) electrons. The molecular formula is C60H78F6O. The van der Waals surface area contributed by atoms with Gasteiger partial charge >= 0.3 is 12.5 Å². The van der Waals surface area contributed by atoms with Crippen LogP contribution in [0.3, 0.4) is 0 Å². The Balaban J connectivity index is 0.000000404. The Morgan fingerprint density at radius 3 is 0.776 bits per heavy atom. The Kier molecular flexibility index (Phi) is 26.3. The van der Waals surface area contributed by atoms with Gasteiger partial charge in [0.1, 0.15) is 5.75 Å². The van der Waals surface area contributed by atoms with Crippen molar-refractivity contribution in [1.29, 1.82) is 0 Å². The molecule has 366 valence electrons. The third kappa shape index (κ3) is 26.0. The van der Waals surface area contributed by atoms with Crippen molar-refractivity contribution in [2.24, 2.45) is 0 Å². The Bertz CT molecular complexity index is 2060. The lowest BCUT2D eigenvalue weighted by Crippen LogP contribution is -2.17. The number of alkyl halides is 6. The number of hydrogen-bond donors (Lipinski definition) is 0. The molecule has 0 aliphatic heterocycles. The Hall–Kier alpha value is -5.30. The van der Waals surface area contributed by atoms with Crippen molar-refractivity contribution in [3.63, 3.8) is 0 Å². The van der Waals surface area contributed by atoms with Crippen LogP contribution in [0.15, 0.2) is 146 Å². The molecule has 0 bridgehead atoms. The van der Waals surface area contributed by atoms with Gasteiger partial charge in [0.05, 0.1) is 5.56 Å². The quantitative estimate of drug-likeness (QED) is 0.145. The number of aryl methyl sites for hydroxylation is 4. The van der Waals surface area contributed by atoms with Gasteiger partial charge in [-0.1, -0.05) is 227 Å². The molecule has 6 aromatic carbocycles. The molecule has 6 rings (SSSR count). The first kappa shape index (κ1) is 59.7. The lowest BCUT2D eigenvalue weighted by Gasteiger charge is -2.11. The van der Waals surface area contributed by atoms with Crippen LogP contribution in [0.4, 0.5) is 26.3 Å². The molecule has 6 aromatic rings. The third-order valence-corrected chi connectivity index (χ3v) is 10.5. The standard InChI is InChI=1S/C10H11F3O.C10H11F3.4C10H14/c1-7(2)8-4-3-5-9(6-8)14-10(11,12)13;1-7(2)8-3-5-9(6-4-8)10(11,12)13;4*1-8(2)10-6-4-5-9(3)7-10/h3-7H,1-2H3;3-7H,1-2H3;4*4-8H,1-3H3. The van der Waals surface area contributed by atoms with Crippen LogP contribution in [0.5, 0.6) is 5.75 Å². The van der Waals surface area contributed by atoms with E-state index in [4.69, 9.17) is 0 Å². The first-order valence-electron chi connectivity index (χ1n) is 23.4. The van der Waals surface area contributed by atoms with Gasteiger partial charge in [-0.25, -0.2) is 0 Å². The predicted molar refractivity (Wildman–Crippen MR) is 274 cm³/mol. The van der Waals surface area contributed by atoms with Crippen LogP contribution in [0.25, 0.3) is 0 Å². The second-order valence-corrected chi connectivity index (χ2v) is 18.8. The van der Waals surface area contributed by atoms with Crippen LogP contribution >= 0.6 is 0 Å².